The monoisotopic (exact) mass is 298 g/mol. The van der Waals surface area contributed by atoms with Gasteiger partial charge in [-0.1, -0.05) is 17.3 Å². The summed E-state index contributed by atoms with van der Waals surface area (Å²) in [7, 11) is 0. The number of carbonyl (C=O) groups excluding carboxylic acids is 1. The van der Waals surface area contributed by atoms with E-state index in [0.29, 0.717) is 37.0 Å². The molecular formula is C16H18N4O2. The Kier molecular flexibility index (Phi) is 4.58. The molecule has 1 N–H and O–H groups in total. The molecule has 0 radical (unpaired) electrons. The zero-order chi connectivity index (χ0) is 15.2. The van der Waals surface area contributed by atoms with Gasteiger partial charge in [0, 0.05) is 37.3 Å². The lowest BCUT2D eigenvalue weighted by atomic mass is 10.1. The Labute approximate surface area is 128 Å². The van der Waals surface area contributed by atoms with E-state index in [1.165, 1.54) is 0 Å². The first-order valence-corrected chi connectivity index (χ1v) is 7.47. The molecule has 6 heteroatoms. The maximum atomic E-state index is 11.8. The van der Waals surface area contributed by atoms with Crippen molar-refractivity contribution in [3.63, 3.8) is 0 Å². The fourth-order valence-electron chi connectivity index (χ4n) is 2.45. The highest BCUT2D eigenvalue weighted by Crippen LogP contribution is 2.20. The van der Waals surface area contributed by atoms with E-state index in [9.17, 15) is 4.79 Å². The molecule has 1 aliphatic carbocycles. The number of pyridine rings is 1. The minimum Gasteiger partial charge on any atom is -0.356 e. The number of aromatic nitrogens is 3. The van der Waals surface area contributed by atoms with Gasteiger partial charge in [-0.05, 0) is 30.9 Å². The number of carbonyl (C=O) groups is 1. The third kappa shape index (κ3) is 3.78. The standard InChI is InChI=1S/C16H18N4O2/c21-14(10-12-4-1-2-5-12)18-9-7-15-19-16(20-22-15)13-6-3-8-17-11-13/h1,3-4,6,8,11-12H,2,5,7,9-10H2,(H,18,21). The summed E-state index contributed by atoms with van der Waals surface area (Å²) >= 11 is 0. The molecule has 22 heavy (non-hydrogen) atoms. The summed E-state index contributed by atoms with van der Waals surface area (Å²) in [6.45, 7) is 0.504. The van der Waals surface area contributed by atoms with Crippen molar-refractivity contribution in [2.24, 2.45) is 5.92 Å². The van der Waals surface area contributed by atoms with Gasteiger partial charge < -0.3 is 9.84 Å². The zero-order valence-electron chi connectivity index (χ0n) is 12.2. The second-order valence-corrected chi connectivity index (χ2v) is 5.32. The molecule has 0 aromatic carbocycles. The van der Waals surface area contributed by atoms with E-state index in [-0.39, 0.29) is 5.91 Å². The largest absolute Gasteiger partial charge is 0.356 e. The molecule has 2 aromatic rings. The molecular weight excluding hydrogens is 280 g/mol. The number of nitrogens with one attached hydrogen (secondary N) is 1. The van der Waals surface area contributed by atoms with Crippen molar-refractivity contribution in [3.05, 3.63) is 42.6 Å². The molecule has 0 bridgehead atoms. The van der Waals surface area contributed by atoms with Crippen molar-refractivity contribution in [3.8, 4) is 11.4 Å². The summed E-state index contributed by atoms with van der Waals surface area (Å²) in [5.74, 6) is 1.49. The summed E-state index contributed by atoms with van der Waals surface area (Å²) in [6, 6.07) is 3.70. The maximum absolute atomic E-state index is 11.8. The lowest BCUT2D eigenvalue weighted by Crippen LogP contribution is -2.27. The molecule has 6 nitrogen and oxygen atoms in total. The molecule has 1 unspecified atom stereocenters. The summed E-state index contributed by atoms with van der Waals surface area (Å²) in [5, 5.41) is 6.81. The molecule has 0 spiro atoms. The fourth-order valence-corrected chi connectivity index (χ4v) is 2.45. The first-order chi connectivity index (χ1) is 10.8. The van der Waals surface area contributed by atoms with Gasteiger partial charge in [-0.15, -0.1) is 0 Å². The molecule has 0 fully saturated rings. The highest BCUT2D eigenvalue weighted by Gasteiger charge is 2.14. The van der Waals surface area contributed by atoms with Gasteiger partial charge in [-0.25, -0.2) is 0 Å². The number of nitrogens with zero attached hydrogens (tertiary/aromatic N) is 3. The number of allylic oxidation sites excluding steroid dienone is 2. The van der Waals surface area contributed by atoms with Crippen LogP contribution in [0.3, 0.4) is 0 Å². The molecule has 1 atom stereocenters. The minimum absolute atomic E-state index is 0.0727. The molecule has 0 saturated carbocycles. The van der Waals surface area contributed by atoms with Gasteiger partial charge in [0.05, 0.1) is 0 Å². The second kappa shape index (κ2) is 6.98. The third-order valence-electron chi connectivity index (χ3n) is 3.61. The van der Waals surface area contributed by atoms with E-state index < -0.39 is 0 Å². The topological polar surface area (TPSA) is 80.9 Å². The number of hydrogen-bond donors (Lipinski definition) is 1. The molecule has 2 heterocycles. The smallest absolute Gasteiger partial charge is 0.228 e. The normalized spacial score (nSPS) is 16.8. The van der Waals surface area contributed by atoms with Crippen LogP contribution in [-0.4, -0.2) is 27.6 Å². The molecule has 2 aromatic heterocycles. The lowest BCUT2D eigenvalue weighted by molar-refractivity contribution is -0.121. The van der Waals surface area contributed by atoms with Crippen LogP contribution in [0.4, 0.5) is 0 Å². The second-order valence-electron chi connectivity index (χ2n) is 5.32. The van der Waals surface area contributed by atoms with Crippen LogP contribution in [0.15, 0.2) is 41.2 Å². The summed E-state index contributed by atoms with van der Waals surface area (Å²) in [4.78, 5) is 20.1. The summed E-state index contributed by atoms with van der Waals surface area (Å²) < 4.78 is 5.18. The average Bonchev–Trinajstić information content (AvgIpc) is 3.20. The van der Waals surface area contributed by atoms with Gasteiger partial charge in [-0.2, -0.15) is 4.98 Å². The Balaban J connectivity index is 1.45. The van der Waals surface area contributed by atoms with E-state index in [2.05, 4.69) is 32.6 Å². The van der Waals surface area contributed by atoms with Gasteiger partial charge in [-0.3, -0.25) is 9.78 Å². The van der Waals surface area contributed by atoms with Gasteiger partial charge in [0.15, 0.2) is 0 Å². The minimum atomic E-state index is 0.0727. The number of amides is 1. The lowest BCUT2D eigenvalue weighted by Gasteiger charge is -2.07. The molecule has 3 rings (SSSR count). The highest BCUT2D eigenvalue weighted by atomic mass is 16.5. The Hall–Kier alpha value is -2.50. The van der Waals surface area contributed by atoms with E-state index in [4.69, 9.17) is 4.52 Å². The van der Waals surface area contributed by atoms with E-state index in [0.717, 1.165) is 18.4 Å². The molecule has 1 aliphatic rings. The van der Waals surface area contributed by atoms with Gasteiger partial charge >= 0.3 is 0 Å². The van der Waals surface area contributed by atoms with Crippen LogP contribution in [0.2, 0.25) is 0 Å². The Morgan fingerprint density at radius 1 is 1.45 bits per heavy atom. The Bertz CT molecular complexity index is 651. The van der Waals surface area contributed by atoms with Crippen molar-refractivity contribution >= 4 is 5.91 Å². The van der Waals surface area contributed by atoms with Crippen molar-refractivity contribution in [2.75, 3.05) is 6.54 Å². The van der Waals surface area contributed by atoms with Crippen molar-refractivity contribution < 1.29 is 9.32 Å². The fraction of sp³-hybridized carbons (Fsp3) is 0.375. The van der Waals surface area contributed by atoms with Crippen LogP contribution < -0.4 is 5.32 Å². The van der Waals surface area contributed by atoms with Gasteiger partial charge in [0.25, 0.3) is 0 Å². The Morgan fingerprint density at radius 2 is 2.41 bits per heavy atom. The van der Waals surface area contributed by atoms with Crippen LogP contribution in [-0.2, 0) is 11.2 Å². The Morgan fingerprint density at radius 3 is 3.18 bits per heavy atom. The summed E-state index contributed by atoms with van der Waals surface area (Å²) in [5.41, 5.74) is 0.814. The van der Waals surface area contributed by atoms with Crippen LogP contribution in [0.25, 0.3) is 11.4 Å². The van der Waals surface area contributed by atoms with Gasteiger partial charge in [0.2, 0.25) is 17.6 Å². The zero-order valence-corrected chi connectivity index (χ0v) is 12.2. The maximum Gasteiger partial charge on any atom is 0.228 e. The van der Waals surface area contributed by atoms with Crippen LogP contribution >= 0.6 is 0 Å². The van der Waals surface area contributed by atoms with Crippen LogP contribution in [0.5, 0.6) is 0 Å². The van der Waals surface area contributed by atoms with E-state index in [1.54, 1.807) is 12.4 Å². The van der Waals surface area contributed by atoms with Crippen molar-refractivity contribution in [1.29, 1.82) is 0 Å². The van der Waals surface area contributed by atoms with Gasteiger partial charge in [0.1, 0.15) is 0 Å². The highest BCUT2D eigenvalue weighted by molar-refractivity contribution is 5.76. The predicted octanol–water partition coefficient (Wildman–Crippen LogP) is 2.15. The molecule has 114 valence electrons. The first-order valence-electron chi connectivity index (χ1n) is 7.47. The molecule has 1 amide bonds. The first kappa shape index (κ1) is 14.4. The summed E-state index contributed by atoms with van der Waals surface area (Å²) in [6.07, 6.45) is 10.9. The van der Waals surface area contributed by atoms with E-state index in [1.807, 2.05) is 12.1 Å². The molecule has 0 aliphatic heterocycles. The van der Waals surface area contributed by atoms with Crippen LogP contribution in [0, 0.1) is 5.92 Å². The van der Waals surface area contributed by atoms with E-state index >= 15 is 0 Å². The quantitative estimate of drug-likeness (QED) is 0.826. The van der Waals surface area contributed by atoms with Crippen molar-refractivity contribution in [2.45, 2.75) is 25.7 Å². The van der Waals surface area contributed by atoms with Crippen LogP contribution in [0.1, 0.15) is 25.2 Å². The molecule has 0 saturated heterocycles. The third-order valence-corrected chi connectivity index (χ3v) is 3.61. The number of rotatable bonds is 6. The van der Waals surface area contributed by atoms with Crippen molar-refractivity contribution in [1.82, 2.24) is 20.4 Å². The SMILES string of the molecule is O=C(CC1C=CCC1)NCCc1nc(-c2cccnc2)no1. The average molecular weight is 298 g/mol. The predicted molar refractivity (Wildman–Crippen MR) is 80.7 cm³/mol. The number of hydrogen-bond acceptors (Lipinski definition) is 5.